The van der Waals surface area contributed by atoms with Gasteiger partial charge in [0.2, 0.25) is 5.91 Å². The molecule has 7 heteroatoms. The molecule has 2 aromatic rings. The third-order valence-corrected chi connectivity index (χ3v) is 4.21. The van der Waals surface area contributed by atoms with E-state index in [2.05, 4.69) is 5.32 Å². The van der Waals surface area contributed by atoms with Gasteiger partial charge in [0.15, 0.2) is 0 Å². The van der Waals surface area contributed by atoms with Gasteiger partial charge in [-0.15, -0.1) is 0 Å². The first kappa shape index (κ1) is 16.9. The molecule has 2 atom stereocenters. The molecule has 3 rings (SSSR count). The van der Waals surface area contributed by atoms with Crippen LogP contribution in [0.2, 0.25) is 0 Å². The van der Waals surface area contributed by atoms with Crippen molar-refractivity contribution in [2.75, 3.05) is 13.6 Å². The molecule has 2 unspecified atom stereocenters. The standard InChI is InChI=1S/C18H19N4O3/c1-21-11-13(10-15(21)17(19)24)20-18(25)12-5-7-14(8-6-12)22-9-3-2-4-16(22)23/h2-10,13,15H,11H2,1H3,(H2,19,24)(H,20,25). The molecule has 3 N–H and O–H groups in total. The number of hydrogen-bond donors (Lipinski definition) is 2. The fourth-order valence-corrected chi connectivity index (χ4v) is 2.92. The van der Waals surface area contributed by atoms with E-state index in [-0.39, 0.29) is 17.5 Å². The van der Waals surface area contributed by atoms with Gasteiger partial charge in [0, 0.05) is 42.5 Å². The summed E-state index contributed by atoms with van der Waals surface area (Å²) in [5, 5.41) is 2.87. The molecule has 129 valence electrons. The summed E-state index contributed by atoms with van der Waals surface area (Å²) in [7, 11) is 1.78. The number of nitrogens with two attached hydrogens (primary N) is 1. The van der Waals surface area contributed by atoms with Gasteiger partial charge in [-0.05, 0) is 37.4 Å². The Morgan fingerprint density at radius 2 is 1.88 bits per heavy atom. The molecule has 2 amide bonds. The minimum atomic E-state index is -0.474. The molecule has 1 fully saturated rings. The number of pyridine rings is 1. The number of hydrogen-bond acceptors (Lipinski definition) is 4. The van der Waals surface area contributed by atoms with Gasteiger partial charge in [0.25, 0.3) is 11.5 Å². The number of aromatic nitrogens is 1. The molecule has 1 aliphatic heterocycles. The van der Waals surface area contributed by atoms with Crippen LogP contribution in [-0.2, 0) is 4.79 Å². The Morgan fingerprint density at radius 3 is 2.48 bits per heavy atom. The Labute approximate surface area is 145 Å². The lowest BCUT2D eigenvalue weighted by atomic mass is 10.1. The summed E-state index contributed by atoms with van der Waals surface area (Å²) >= 11 is 0. The van der Waals surface area contributed by atoms with Crippen molar-refractivity contribution in [2.24, 2.45) is 5.73 Å². The van der Waals surface area contributed by atoms with E-state index in [1.807, 2.05) is 0 Å². The van der Waals surface area contributed by atoms with Crippen molar-refractivity contribution in [3.05, 3.63) is 71.0 Å². The Hall–Kier alpha value is -2.93. The summed E-state index contributed by atoms with van der Waals surface area (Å²) in [6.45, 7) is 0.525. The predicted octanol–water partition coefficient (Wildman–Crippen LogP) is -0.0605. The van der Waals surface area contributed by atoms with Crippen molar-refractivity contribution in [3.8, 4) is 5.69 Å². The Kier molecular flexibility index (Phi) is 4.67. The second-order valence-corrected chi connectivity index (χ2v) is 6.01. The highest BCUT2D eigenvalue weighted by atomic mass is 16.2. The van der Waals surface area contributed by atoms with Crippen LogP contribution in [0.15, 0.2) is 53.5 Å². The van der Waals surface area contributed by atoms with Crippen LogP contribution < -0.4 is 16.6 Å². The summed E-state index contributed by atoms with van der Waals surface area (Å²) in [6.07, 6.45) is 3.41. The maximum Gasteiger partial charge on any atom is 0.255 e. The molecule has 1 radical (unpaired) electrons. The number of carbonyl (C=O) groups excluding carboxylic acids is 2. The van der Waals surface area contributed by atoms with Gasteiger partial charge in [-0.1, -0.05) is 6.07 Å². The zero-order valence-corrected chi connectivity index (χ0v) is 13.8. The second-order valence-electron chi connectivity index (χ2n) is 6.01. The number of carbonyl (C=O) groups is 2. The van der Waals surface area contributed by atoms with E-state index >= 15 is 0 Å². The van der Waals surface area contributed by atoms with E-state index in [1.54, 1.807) is 61.0 Å². The predicted molar refractivity (Wildman–Crippen MR) is 93.2 cm³/mol. The van der Waals surface area contributed by atoms with Crippen molar-refractivity contribution < 1.29 is 9.59 Å². The monoisotopic (exact) mass is 339 g/mol. The third kappa shape index (κ3) is 3.61. The van der Waals surface area contributed by atoms with Crippen molar-refractivity contribution in [1.29, 1.82) is 0 Å². The normalized spacial score (nSPS) is 20.4. The largest absolute Gasteiger partial charge is 0.368 e. The molecule has 1 saturated heterocycles. The molecule has 1 aromatic heterocycles. The van der Waals surface area contributed by atoms with Crippen LogP contribution in [0.1, 0.15) is 10.4 Å². The summed E-state index contributed by atoms with van der Waals surface area (Å²) in [5.74, 6) is -0.677. The molecular formula is C18H19N4O3. The number of benzene rings is 1. The first-order valence-electron chi connectivity index (χ1n) is 7.89. The SMILES string of the molecule is CN1CC(NC(=O)c2ccc(-n3ccccc3=O)cc2)[CH]C1C(N)=O. The Balaban J connectivity index is 1.69. The number of likely N-dealkylation sites (tertiary alicyclic amines) is 1. The zero-order valence-electron chi connectivity index (χ0n) is 13.8. The molecule has 1 aromatic carbocycles. The molecule has 2 heterocycles. The van der Waals surface area contributed by atoms with E-state index in [9.17, 15) is 14.4 Å². The van der Waals surface area contributed by atoms with Gasteiger partial charge in [-0.2, -0.15) is 0 Å². The maximum atomic E-state index is 12.4. The number of nitrogens with one attached hydrogen (secondary N) is 1. The molecular weight excluding hydrogens is 320 g/mol. The van der Waals surface area contributed by atoms with Crippen LogP contribution in [0.5, 0.6) is 0 Å². The van der Waals surface area contributed by atoms with Crippen molar-refractivity contribution in [1.82, 2.24) is 14.8 Å². The van der Waals surface area contributed by atoms with Crippen molar-refractivity contribution in [3.63, 3.8) is 0 Å². The summed E-state index contributed by atoms with van der Waals surface area (Å²) in [6, 6.07) is 11.0. The summed E-state index contributed by atoms with van der Waals surface area (Å²) in [4.78, 5) is 37.3. The van der Waals surface area contributed by atoms with E-state index in [4.69, 9.17) is 5.73 Å². The van der Waals surface area contributed by atoms with Gasteiger partial charge < -0.3 is 11.1 Å². The number of amides is 2. The maximum absolute atomic E-state index is 12.4. The lowest BCUT2D eigenvalue weighted by Crippen LogP contribution is -2.37. The number of nitrogens with zero attached hydrogens (tertiary/aromatic N) is 2. The van der Waals surface area contributed by atoms with Crippen LogP contribution in [-0.4, -0.2) is 47.0 Å². The molecule has 0 spiro atoms. The Morgan fingerprint density at radius 1 is 1.16 bits per heavy atom. The number of primary amides is 1. The Bertz CT molecular complexity index is 844. The van der Waals surface area contributed by atoms with Crippen LogP contribution >= 0.6 is 0 Å². The van der Waals surface area contributed by atoms with Gasteiger partial charge in [-0.25, -0.2) is 0 Å². The van der Waals surface area contributed by atoms with Crippen molar-refractivity contribution in [2.45, 2.75) is 12.1 Å². The van der Waals surface area contributed by atoms with Gasteiger partial charge in [-0.3, -0.25) is 23.9 Å². The minimum Gasteiger partial charge on any atom is -0.368 e. The first-order chi connectivity index (χ1) is 12.0. The summed E-state index contributed by atoms with van der Waals surface area (Å²) in [5.41, 5.74) is 6.35. The van der Waals surface area contributed by atoms with Gasteiger partial charge in [0.1, 0.15) is 0 Å². The molecule has 7 nitrogen and oxygen atoms in total. The van der Waals surface area contributed by atoms with Crippen LogP contribution in [0.25, 0.3) is 5.69 Å². The average molecular weight is 339 g/mol. The lowest BCUT2D eigenvalue weighted by Gasteiger charge is -2.14. The molecule has 0 saturated carbocycles. The smallest absolute Gasteiger partial charge is 0.255 e. The highest BCUT2D eigenvalue weighted by Gasteiger charge is 2.34. The third-order valence-electron chi connectivity index (χ3n) is 4.21. The molecule has 0 aliphatic carbocycles. The lowest BCUT2D eigenvalue weighted by molar-refractivity contribution is -0.121. The first-order valence-corrected chi connectivity index (χ1v) is 7.89. The van der Waals surface area contributed by atoms with Crippen LogP contribution in [0, 0.1) is 6.42 Å². The molecule has 1 aliphatic rings. The van der Waals surface area contributed by atoms with Gasteiger partial charge >= 0.3 is 0 Å². The van der Waals surface area contributed by atoms with Crippen molar-refractivity contribution >= 4 is 11.8 Å². The highest BCUT2D eigenvalue weighted by Crippen LogP contribution is 2.15. The molecule has 0 bridgehead atoms. The van der Waals surface area contributed by atoms with E-state index in [1.165, 1.54) is 10.6 Å². The highest BCUT2D eigenvalue weighted by molar-refractivity contribution is 5.95. The second kappa shape index (κ2) is 6.90. The fourth-order valence-electron chi connectivity index (χ4n) is 2.92. The van der Waals surface area contributed by atoms with Crippen LogP contribution in [0.4, 0.5) is 0 Å². The number of likely N-dealkylation sites (N-methyl/N-ethyl adjacent to an activating group) is 1. The van der Waals surface area contributed by atoms with Crippen LogP contribution in [0.3, 0.4) is 0 Å². The number of rotatable bonds is 4. The minimum absolute atomic E-state index is 0.138. The van der Waals surface area contributed by atoms with E-state index in [0.717, 1.165) is 0 Å². The average Bonchev–Trinajstić information content (AvgIpc) is 2.96. The van der Waals surface area contributed by atoms with E-state index in [0.29, 0.717) is 17.8 Å². The van der Waals surface area contributed by atoms with E-state index < -0.39 is 11.9 Å². The fraction of sp³-hybridized carbons (Fsp3) is 0.222. The quantitative estimate of drug-likeness (QED) is 0.815. The summed E-state index contributed by atoms with van der Waals surface area (Å²) < 4.78 is 1.50. The zero-order chi connectivity index (χ0) is 18.0. The van der Waals surface area contributed by atoms with Gasteiger partial charge in [0.05, 0.1) is 6.04 Å². The molecule has 25 heavy (non-hydrogen) atoms. The topological polar surface area (TPSA) is 97.4 Å².